The maximum Gasteiger partial charge on any atom is 0.348 e. The molecule has 0 amide bonds. The number of rotatable bonds is 3. The summed E-state index contributed by atoms with van der Waals surface area (Å²) in [5, 5.41) is 2.44. The molecule has 0 N–H and O–H groups in total. The van der Waals surface area contributed by atoms with Gasteiger partial charge < -0.3 is 4.74 Å². The van der Waals surface area contributed by atoms with E-state index < -0.39 is 5.97 Å². The number of esters is 1. The predicted molar refractivity (Wildman–Crippen MR) is 87.7 cm³/mol. The summed E-state index contributed by atoms with van der Waals surface area (Å²) in [5.41, 5.74) is 0.146. The maximum atomic E-state index is 12.3. The van der Waals surface area contributed by atoms with Gasteiger partial charge in [-0.3, -0.25) is 0 Å². The van der Waals surface area contributed by atoms with Crippen LogP contribution in [-0.2, 0) is 0 Å². The number of hydrogen-bond donors (Lipinski definition) is 0. The molecule has 0 fully saturated rings. The standard InChI is InChI=1S/C16H11ClN2O2S/c1-22-16-18-9-12(14(17)19-16)15(20)21-13-8-4-6-10-5-2-3-7-11(10)13/h2-9H,1H3. The first-order chi connectivity index (χ1) is 10.7. The van der Waals surface area contributed by atoms with E-state index in [0.717, 1.165) is 10.8 Å². The molecule has 0 radical (unpaired) electrons. The summed E-state index contributed by atoms with van der Waals surface area (Å²) in [6.45, 7) is 0. The van der Waals surface area contributed by atoms with Crippen LogP contribution in [0.2, 0.25) is 5.15 Å². The highest BCUT2D eigenvalue weighted by Gasteiger charge is 2.16. The molecule has 6 heteroatoms. The van der Waals surface area contributed by atoms with Crippen LogP contribution in [-0.4, -0.2) is 22.2 Å². The van der Waals surface area contributed by atoms with Gasteiger partial charge in [0.25, 0.3) is 0 Å². The van der Waals surface area contributed by atoms with Gasteiger partial charge in [-0.05, 0) is 17.7 Å². The van der Waals surface area contributed by atoms with E-state index in [9.17, 15) is 4.79 Å². The molecular weight excluding hydrogens is 320 g/mol. The summed E-state index contributed by atoms with van der Waals surface area (Å²) < 4.78 is 5.46. The molecule has 0 saturated carbocycles. The van der Waals surface area contributed by atoms with E-state index in [1.807, 2.05) is 42.7 Å². The van der Waals surface area contributed by atoms with Crippen LogP contribution in [0.5, 0.6) is 5.75 Å². The Labute approximate surface area is 136 Å². The Morgan fingerprint density at radius 1 is 1.18 bits per heavy atom. The van der Waals surface area contributed by atoms with E-state index in [2.05, 4.69) is 9.97 Å². The van der Waals surface area contributed by atoms with Crippen LogP contribution in [0, 0.1) is 0 Å². The summed E-state index contributed by atoms with van der Waals surface area (Å²) in [4.78, 5) is 20.4. The Balaban J connectivity index is 1.93. The maximum absolute atomic E-state index is 12.3. The molecule has 2 aromatic carbocycles. The molecule has 0 unspecified atom stereocenters. The van der Waals surface area contributed by atoms with Crippen molar-refractivity contribution >= 4 is 40.1 Å². The number of benzene rings is 2. The van der Waals surface area contributed by atoms with Crippen LogP contribution in [0.4, 0.5) is 0 Å². The first kappa shape index (κ1) is 14.8. The van der Waals surface area contributed by atoms with Crippen molar-refractivity contribution in [1.29, 1.82) is 0 Å². The van der Waals surface area contributed by atoms with Gasteiger partial charge in [-0.1, -0.05) is 59.8 Å². The monoisotopic (exact) mass is 330 g/mol. The number of carbonyl (C=O) groups excluding carboxylic acids is 1. The molecular formula is C16H11ClN2O2S. The molecule has 0 aliphatic carbocycles. The van der Waals surface area contributed by atoms with Gasteiger partial charge in [0.1, 0.15) is 16.5 Å². The summed E-state index contributed by atoms with van der Waals surface area (Å²) in [6.07, 6.45) is 3.22. The summed E-state index contributed by atoms with van der Waals surface area (Å²) >= 11 is 7.37. The number of halogens is 1. The largest absolute Gasteiger partial charge is 0.422 e. The second kappa shape index (κ2) is 6.34. The SMILES string of the molecule is CSc1ncc(C(=O)Oc2cccc3ccccc23)c(Cl)n1. The third-order valence-corrected chi connectivity index (χ3v) is 3.92. The van der Waals surface area contributed by atoms with Gasteiger partial charge >= 0.3 is 5.97 Å². The lowest BCUT2D eigenvalue weighted by Gasteiger charge is -2.08. The lowest BCUT2D eigenvalue weighted by molar-refractivity contribution is 0.0736. The molecule has 0 spiro atoms. The number of aromatic nitrogens is 2. The average Bonchev–Trinajstić information content (AvgIpc) is 2.55. The second-order valence-corrected chi connectivity index (χ2v) is 5.56. The minimum atomic E-state index is -0.575. The Morgan fingerprint density at radius 2 is 1.95 bits per heavy atom. The average molecular weight is 331 g/mol. The van der Waals surface area contributed by atoms with E-state index in [4.69, 9.17) is 16.3 Å². The van der Waals surface area contributed by atoms with E-state index >= 15 is 0 Å². The van der Waals surface area contributed by atoms with E-state index in [1.54, 1.807) is 6.07 Å². The first-order valence-electron chi connectivity index (χ1n) is 6.45. The molecule has 0 saturated heterocycles. The topological polar surface area (TPSA) is 52.1 Å². The minimum absolute atomic E-state index is 0.0876. The third-order valence-electron chi connectivity index (χ3n) is 3.07. The lowest BCUT2D eigenvalue weighted by Crippen LogP contribution is -2.11. The molecule has 0 bridgehead atoms. The van der Waals surface area contributed by atoms with Crippen molar-refractivity contribution in [1.82, 2.24) is 9.97 Å². The van der Waals surface area contributed by atoms with Crippen LogP contribution >= 0.6 is 23.4 Å². The van der Waals surface area contributed by atoms with Crippen molar-refractivity contribution in [3.63, 3.8) is 0 Å². The number of nitrogens with zero attached hydrogens (tertiary/aromatic N) is 2. The van der Waals surface area contributed by atoms with Gasteiger partial charge in [0.05, 0.1) is 0 Å². The van der Waals surface area contributed by atoms with Crippen molar-refractivity contribution in [3.8, 4) is 5.75 Å². The van der Waals surface area contributed by atoms with Crippen LogP contribution in [0.3, 0.4) is 0 Å². The van der Waals surface area contributed by atoms with Gasteiger partial charge in [-0.2, -0.15) is 0 Å². The summed E-state index contributed by atoms with van der Waals surface area (Å²) in [7, 11) is 0. The number of thioether (sulfide) groups is 1. The molecule has 3 rings (SSSR count). The highest BCUT2D eigenvalue weighted by molar-refractivity contribution is 7.98. The molecule has 0 aliphatic heterocycles. The molecule has 1 aromatic heterocycles. The van der Waals surface area contributed by atoms with Crippen LogP contribution in [0.1, 0.15) is 10.4 Å². The molecule has 0 atom stereocenters. The Hall–Kier alpha value is -2.11. The number of hydrogen-bond acceptors (Lipinski definition) is 5. The highest BCUT2D eigenvalue weighted by atomic mass is 35.5. The molecule has 3 aromatic rings. The fraction of sp³-hybridized carbons (Fsp3) is 0.0625. The van der Waals surface area contributed by atoms with Gasteiger partial charge in [0.2, 0.25) is 0 Å². The second-order valence-electron chi connectivity index (χ2n) is 4.43. The van der Waals surface area contributed by atoms with Crippen molar-refractivity contribution < 1.29 is 9.53 Å². The Bertz CT molecular complexity index is 849. The zero-order valence-corrected chi connectivity index (χ0v) is 13.2. The fourth-order valence-electron chi connectivity index (χ4n) is 2.02. The molecule has 4 nitrogen and oxygen atoms in total. The van der Waals surface area contributed by atoms with Gasteiger partial charge in [-0.25, -0.2) is 14.8 Å². The first-order valence-corrected chi connectivity index (χ1v) is 8.06. The van der Waals surface area contributed by atoms with E-state index in [-0.39, 0.29) is 10.7 Å². The fourth-order valence-corrected chi connectivity index (χ4v) is 2.62. The zero-order chi connectivity index (χ0) is 15.5. The molecule has 110 valence electrons. The van der Waals surface area contributed by atoms with Crippen molar-refractivity contribution in [3.05, 3.63) is 59.4 Å². The normalized spacial score (nSPS) is 10.6. The number of carbonyl (C=O) groups is 1. The van der Waals surface area contributed by atoms with Crippen molar-refractivity contribution in [2.45, 2.75) is 5.16 Å². The van der Waals surface area contributed by atoms with Crippen molar-refractivity contribution in [2.75, 3.05) is 6.26 Å². The zero-order valence-electron chi connectivity index (χ0n) is 11.6. The lowest BCUT2D eigenvalue weighted by atomic mass is 10.1. The summed E-state index contributed by atoms with van der Waals surface area (Å²) in [5.74, 6) is -0.0953. The van der Waals surface area contributed by atoms with Crippen LogP contribution < -0.4 is 4.74 Å². The van der Waals surface area contributed by atoms with Crippen LogP contribution in [0.15, 0.2) is 53.8 Å². The third kappa shape index (κ3) is 2.91. The van der Waals surface area contributed by atoms with Crippen molar-refractivity contribution in [2.24, 2.45) is 0 Å². The summed E-state index contributed by atoms with van der Waals surface area (Å²) in [6, 6.07) is 13.2. The minimum Gasteiger partial charge on any atom is -0.422 e. The number of ether oxygens (including phenoxy) is 1. The van der Waals surface area contributed by atoms with E-state index in [0.29, 0.717) is 10.9 Å². The van der Waals surface area contributed by atoms with Gasteiger partial charge in [0.15, 0.2) is 5.16 Å². The molecule has 22 heavy (non-hydrogen) atoms. The number of fused-ring (bicyclic) bond motifs is 1. The Morgan fingerprint density at radius 3 is 2.73 bits per heavy atom. The van der Waals surface area contributed by atoms with Gasteiger partial charge in [-0.15, -0.1) is 0 Å². The smallest absolute Gasteiger partial charge is 0.348 e. The predicted octanol–water partition coefficient (Wildman–Crippen LogP) is 4.22. The van der Waals surface area contributed by atoms with E-state index in [1.165, 1.54) is 18.0 Å². The quantitative estimate of drug-likeness (QED) is 0.236. The molecule has 0 aliphatic rings. The Kier molecular flexibility index (Phi) is 4.27. The highest BCUT2D eigenvalue weighted by Crippen LogP contribution is 2.26. The van der Waals surface area contributed by atoms with Gasteiger partial charge in [0, 0.05) is 11.6 Å². The molecule has 1 heterocycles. The van der Waals surface area contributed by atoms with Crippen LogP contribution in [0.25, 0.3) is 10.8 Å².